The third kappa shape index (κ3) is 5.39. The van der Waals surface area contributed by atoms with E-state index in [0.29, 0.717) is 40.3 Å². The highest BCUT2D eigenvalue weighted by atomic mass is 35.5. The van der Waals surface area contributed by atoms with Gasteiger partial charge in [0.25, 0.3) is 5.91 Å². The van der Waals surface area contributed by atoms with Gasteiger partial charge in [0.05, 0.1) is 15.7 Å². The largest absolute Gasteiger partial charge is 0.490 e. The van der Waals surface area contributed by atoms with E-state index in [1.165, 1.54) is 0 Å². The summed E-state index contributed by atoms with van der Waals surface area (Å²) in [4.78, 5) is 12.3. The zero-order chi connectivity index (χ0) is 19.1. The van der Waals surface area contributed by atoms with Crippen molar-refractivity contribution in [1.29, 1.82) is 0 Å². The molecule has 3 aromatic rings. The molecule has 0 fully saturated rings. The van der Waals surface area contributed by atoms with Crippen molar-refractivity contribution in [3.05, 3.63) is 88.4 Å². The zero-order valence-electron chi connectivity index (χ0n) is 14.3. The number of carbonyl (C=O) groups excluding carboxylic acids is 1. The lowest BCUT2D eigenvalue weighted by atomic mass is 10.2. The minimum absolute atomic E-state index is 0.280. The molecule has 0 unspecified atom stereocenters. The van der Waals surface area contributed by atoms with E-state index in [1.807, 2.05) is 30.3 Å². The Hall–Kier alpha value is -2.69. The predicted octanol–water partition coefficient (Wildman–Crippen LogP) is 5.70. The van der Waals surface area contributed by atoms with Gasteiger partial charge in [0.2, 0.25) is 0 Å². The monoisotopic (exact) mass is 401 g/mol. The van der Waals surface area contributed by atoms with Gasteiger partial charge in [0.1, 0.15) is 24.7 Å². The van der Waals surface area contributed by atoms with Gasteiger partial charge in [-0.15, -0.1) is 0 Å². The third-order valence-corrected chi connectivity index (χ3v) is 4.50. The van der Waals surface area contributed by atoms with Crippen LogP contribution in [-0.2, 0) is 0 Å². The highest BCUT2D eigenvalue weighted by Crippen LogP contribution is 2.29. The number of para-hydroxylation sites is 1. The van der Waals surface area contributed by atoms with Crippen molar-refractivity contribution in [1.82, 2.24) is 0 Å². The first-order valence-electron chi connectivity index (χ1n) is 8.29. The van der Waals surface area contributed by atoms with Gasteiger partial charge in [-0.3, -0.25) is 4.79 Å². The topological polar surface area (TPSA) is 47.6 Å². The van der Waals surface area contributed by atoms with E-state index in [2.05, 4.69) is 5.32 Å². The van der Waals surface area contributed by atoms with Crippen molar-refractivity contribution in [2.24, 2.45) is 0 Å². The van der Waals surface area contributed by atoms with Gasteiger partial charge in [-0.25, -0.2) is 0 Å². The Morgan fingerprint density at radius 1 is 0.778 bits per heavy atom. The fraction of sp³-hybridized carbons (Fsp3) is 0.0952. The van der Waals surface area contributed by atoms with E-state index < -0.39 is 0 Å². The van der Waals surface area contributed by atoms with Crippen LogP contribution in [0.3, 0.4) is 0 Å². The number of rotatable bonds is 7. The SMILES string of the molecule is O=C(Nc1cccc(Cl)c1Cl)c1ccc(OCCOc2ccccc2)cc1. The Morgan fingerprint density at radius 3 is 2.07 bits per heavy atom. The lowest BCUT2D eigenvalue weighted by molar-refractivity contribution is 0.102. The highest BCUT2D eigenvalue weighted by Gasteiger charge is 2.10. The molecule has 3 aromatic carbocycles. The molecule has 1 amide bonds. The molecular formula is C21H17Cl2NO3. The van der Waals surface area contributed by atoms with E-state index >= 15 is 0 Å². The van der Waals surface area contributed by atoms with Crippen LogP contribution in [0.15, 0.2) is 72.8 Å². The molecule has 0 radical (unpaired) electrons. The second-order valence-corrected chi connectivity index (χ2v) is 6.38. The summed E-state index contributed by atoms with van der Waals surface area (Å²) in [7, 11) is 0. The average molecular weight is 402 g/mol. The van der Waals surface area contributed by atoms with Gasteiger partial charge >= 0.3 is 0 Å². The Labute approximate surface area is 167 Å². The van der Waals surface area contributed by atoms with Crippen LogP contribution in [0.25, 0.3) is 0 Å². The van der Waals surface area contributed by atoms with E-state index in [1.54, 1.807) is 42.5 Å². The van der Waals surface area contributed by atoms with Crippen molar-refractivity contribution in [3.63, 3.8) is 0 Å². The Bertz CT molecular complexity index is 899. The number of anilines is 1. The summed E-state index contributed by atoms with van der Waals surface area (Å²) in [5, 5.41) is 3.44. The molecule has 0 spiro atoms. The molecule has 0 aliphatic carbocycles. The van der Waals surface area contributed by atoms with E-state index in [9.17, 15) is 4.79 Å². The molecule has 138 valence electrons. The van der Waals surface area contributed by atoms with Crippen LogP contribution in [-0.4, -0.2) is 19.1 Å². The van der Waals surface area contributed by atoms with Crippen LogP contribution >= 0.6 is 23.2 Å². The van der Waals surface area contributed by atoms with E-state index in [0.717, 1.165) is 5.75 Å². The quantitative estimate of drug-likeness (QED) is 0.516. The van der Waals surface area contributed by atoms with Crippen molar-refractivity contribution in [2.45, 2.75) is 0 Å². The molecular weight excluding hydrogens is 385 g/mol. The van der Waals surface area contributed by atoms with Crippen LogP contribution in [0.1, 0.15) is 10.4 Å². The van der Waals surface area contributed by atoms with Gasteiger partial charge in [-0.1, -0.05) is 47.5 Å². The van der Waals surface area contributed by atoms with Crippen molar-refractivity contribution < 1.29 is 14.3 Å². The number of benzene rings is 3. The molecule has 27 heavy (non-hydrogen) atoms. The highest BCUT2D eigenvalue weighted by molar-refractivity contribution is 6.44. The average Bonchev–Trinajstić information content (AvgIpc) is 2.70. The number of carbonyl (C=O) groups is 1. The second kappa shape index (κ2) is 9.31. The van der Waals surface area contributed by atoms with Crippen molar-refractivity contribution in [2.75, 3.05) is 18.5 Å². The predicted molar refractivity (Wildman–Crippen MR) is 108 cm³/mol. The fourth-order valence-corrected chi connectivity index (χ4v) is 2.68. The first-order chi connectivity index (χ1) is 13.1. The molecule has 0 atom stereocenters. The van der Waals surface area contributed by atoms with Crippen molar-refractivity contribution >= 4 is 34.8 Å². The molecule has 0 heterocycles. The first-order valence-corrected chi connectivity index (χ1v) is 9.05. The van der Waals surface area contributed by atoms with E-state index in [-0.39, 0.29) is 5.91 Å². The molecule has 0 saturated heterocycles. The summed E-state index contributed by atoms with van der Waals surface area (Å²) < 4.78 is 11.2. The maximum Gasteiger partial charge on any atom is 0.255 e. The normalized spacial score (nSPS) is 10.3. The number of halogens is 2. The molecule has 0 aliphatic rings. The molecule has 6 heteroatoms. The number of hydrogen-bond donors (Lipinski definition) is 1. The number of nitrogens with one attached hydrogen (secondary N) is 1. The molecule has 1 N–H and O–H groups in total. The first kappa shape index (κ1) is 19.1. The lowest BCUT2D eigenvalue weighted by Gasteiger charge is -2.10. The Morgan fingerprint density at radius 2 is 1.41 bits per heavy atom. The van der Waals surface area contributed by atoms with Crippen LogP contribution in [0.5, 0.6) is 11.5 Å². The Kier molecular flexibility index (Phi) is 6.58. The summed E-state index contributed by atoms with van der Waals surface area (Å²) in [6, 6.07) is 21.4. The van der Waals surface area contributed by atoms with E-state index in [4.69, 9.17) is 32.7 Å². The maximum absolute atomic E-state index is 12.3. The summed E-state index contributed by atoms with van der Waals surface area (Å²) in [5.74, 6) is 1.18. The fourth-order valence-electron chi connectivity index (χ4n) is 2.33. The number of hydrogen-bond acceptors (Lipinski definition) is 3. The van der Waals surface area contributed by atoms with Gasteiger partial charge in [0.15, 0.2) is 0 Å². The third-order valence-electron chi connectivity index (χ3n) is 3.68. The summed E-state index contributed by atoms with van der Waals surface area (Å²) >= 11 is 12.0. The molecule has 0 bridgehead atoms. The lowest BCUT2D eigenvalue weighted by Crippen LogP contribution is -2.12. The minimum atomic E-state index is -0.280. The van der Waals surface area contributed by atoms with Crippen LogP contribution < -0.4 is 14.8 Å². The second-order valence-electron chi connectivity index (χ2n) is 5.59. The van der Waals surface area contributed by atoms with Crippen LogP contribution in [0, 0.1) is 0 Å². The standard InChI is InChI=1S/C21H17Cl2NO3/c22-18-7-4-8-19(20(18)23)24-21(25)15-9-11-17(12-10-15)27-14-13-26-16-5-2-1-3-6-16/h1-12H,13-14H2,(H,24,25). The number of ether oxygens (including phenoxy) is 2. The van der Waals surface area contributed by atoms with Crippen molar-refractivity contribution in [3.8, 4) is 11.5 Å². The minimum Gasteiger partial charge on any atom is -0.490 e. The maximum atomic E-state index is 12.3. The van der Waals surface area contributed by atoms with Crippen LogP contribution in [0.2, 0.25) is 10.0 Å². The number of amides is 1. The molecule has 0 aliphatic heterocycles. The zero-order valence-corrected chi connectivity index (χ0v) is 15.8. The van der Waals surface area contributed by atoms with Gasteiger partial charge in [0, 0.05) is 5.56 Å². The molecule has 3 rings (SSSR count). The Balaban J connectivity index is 1.50. The molecule has 4 nitrogen and oxygen atoms in total. The molecule has 0 aromatic heterocycles. The summed E-state index contributed by atoms with van der Waals surface area (Å²) in [5.41, 5.74) is 0.950. The van der Waals surface area contributed by atoms with Gasteiger partial charge in [-0.05, 0) is 48.5 Å². The van der Waals surface area contributed by atoms with Crippen LogP contribution in [0.4, 0.5) is 5.69 Å². The molecule has 0 saturated carbocycles. The van der Waals surface area contributed by atoms with Gasteiger partial charge < -0.3 is 14.8 Å². The summed E-state index contributed by atoms with van der Waals surface area (Å²) in [6.07, 6.45) is 0. The van der Waals surface area contributed by atoms with Gasteiger partial charge in [-0.2, -0.15) is 0 Å². The summed E-state index contributed by atoms with van der Waals surface area (Å²) in [6.45, 7) is 0.831. The smallest absolute Gasteiger partial charge is 0.255 e.